The van der Waals surface area contributed by atoms with Gasteiger partial charge in [-0.2, -0.15) is 0 Å². The van der Waals surface area contributed by atoms with Crippen molar-refractivity contribution >= 4 is 12.4 Å². The summed E-state index contributed by atoms with van der Waals surface area (Å²) < 4.78 is 0. The minimum Gasteiger partial charge on any atom is -0.327 e. The molecule has 1 rings (SSSR count). The first-order valence-electron chi connectivity index (χ1n) is 12.4. The average molecular weight is 424 g/mol. The van der Waals surface area contributed by atoms with Crippen LogP contribution < -0.4 is 5.73 Å². The van der Waals surface area contributed by atoms with E-state index in [9.17, 15) is 0 Å². The molecule has 0 aliphatic carbocycles. The van der Waals surface area contributed by atoms with Crippen molar-refractivity contribution in [1.82, 2.24) is 0 Å². The molecular formula is C27H50ClN. The molecule has 1 aromatic rings. The zero-order chi connectivity index (χ0) is 20.5. The van der Waals surface area contributed by atoms with Crippen molar-refractivity contribution < 1.29 is 0 Å². The minimum absolute atomic E-state index is 0. The molecule has 0 aliphatic heterocycles. The van der Waals surface area contributed by atoms with E-state index in [1.807, 2.05) is 0 Å². The Morgan fingerprint density at radius 2 is 1.03 bits per heavy atom. The van der Waals surface area contributed by atoms with E-state index in [0.29, 0.717) is 0 Å². The summed E-state index contributed by atoms with van der Waals surface area (Å²) in [5, 5.41) is 0. The quantitative estimate of drug-likeness (QED) is 0.234. The van der Waals surface area contributed by atoms with Crippen molar-refractivity contribution in [3.05, 3.63) is 35.9 Å². The first-order valence-corrected chi connectivity index (χ1v) is 12.4. The second-order valence-electron chi connectivity index (χ2n) is 9.43. The van der Waals surface area contributed by atoms with Gasteiger partial charge in [0.15, 0.2) is 0 Å². The van der Waals surface area contributed by atoms with Crippen molar-refractivity contribution in [3.63, 3.8) is 0 Å². The number of rotatable bonds is 18. The van der Waals surface area contributed by atoms with E-state index in [1.165, 1.54) is 102 Å². The largest absolute Gasteiger partial charge is 0.327 e. The third-order valence-electron chi connectivity index (χ3n) is 6.56. The topological polar surface area (TPSA) is 26.0 Å². The molecule has 0 saturated heterocycles. The Hall–Kier alpha value is -0.530. The molecule has 2 N–H and O–H groups in total. The lowest BCUT2D eigenvalue weighted by Gasteiger charge is -2.32. The van der Waals surface area contributed by atoms with E-state index in [-0.39, 0.29) is 23.9 Å². The van der Waals surface area contributed by atoms with E-state index in [1.54, 1.807) is 0 Å². The molecule has 170 valence electrons. The van der Waals surface area contributed by atoms with Gasteiger partial charge in [-0.15, -0.1) is 12.4 Å². The Morgan fingerprint density at radius 3 is 1.45 bits per heavy atom. The number of hydrogen-bond donors (Lipinski definition) is 1. The van der Waals surface area contributed by atoms with E-state index in [0.717, 1.165) is 6.42 Å². The van der Waals surface area contributed by atoms with Crippen molar-refractivity contribution in [1.29, 1.82) is 0 Å². The molecule has 0 spiro atoms. The summed E-state index contributed by atoms with van der Waals surface area (Å²) in [6, 6.07) is 11.0. The van der Waals surface area contributed by atoms with Crippen LogP contribution in [-0.2, 0) is 5.41 Å². The van der Waals surface area contributed by atoms with Gasteiger partial charge in [-0.25, -0.2) is 0 Å². The lowest BCUT2D eigenvalue weighted by atomic mass is 9.76. The van der Waals surface area contributed by atoms with E-state index in [4.69, 9.17) is 5.73 Å². The van der Waals surface area contributed by atoms with E-state index >= 15 is 0 Å². The summed E-state index contributed by atoms with van der Waals surface area (Å²) in [7, 11) is 0. The van der Waals surface area contributed by atoms with Gasteiger partial charge in [0, 0.05) is 11.5 Å². The fourth-order valence-electron chi connectivity index (χ4n) is 4.18. The summed E-state index contributed by atoms with van der Waals surface area (Å²) >= 11 is 0. The highest BCUT2D eigenvalue weighted by molar-refractivity contribution is 5.85. The summed E-state index contributed by atoms with van der Waals surface area (Å²) in [5.74, 6) is 0. The maximum absolute atomic E-state index is 6.54. The molecule has 0 radical (unpaired) electrons. The number of halogens is 1. The molecule has 2 heteroatoms. The maximum Gasteiger partial charge on any atom is 0.0131 e. The minimum atomic E-state index is 0. The zero-order valence-corrected chi connectivity index (χ0v) is 20.6. The molecule has 1 atom stereocenters. The fourth-order valence-corrected chi connectivity index (χ4v) is 4.18. The van der Waals surface area contributed by atoms with Crippen LogP contribution in [0.25, 0.3) is 0 Å². The van der Waals surface area contributed by atoms with Crippen molar-refractivity contribution in [2.45, 2.75) is 135 Å². The second-order valence-corrected chi connectivity index (χ2v) is 9.43. The van der Waals surface area contributed by atoms with Gasteiger partial charge in [0.05, 0.1) is 0 Å². The van der Waals surface area contributed by atoms with Crippen LogP contribution in [0.2, 0.25) is 0 Å². The van der Waals surface area contributed by atoms with E-state index in [2.05, 4.69) is 51.1 Å². The average Bonchev–Trinajstić information content (AvgIpc) is 2.71. The fraction of sp³-hybridized carbons (Fsp3) is 0.778. The third-order valence-corrected chi connectivity index (χ3v) is 6.56. The standard InChI is InChI=1S/C27H49N.ClH/c1-4-5-6-7-8-9-10-11-12-13-14-15-16-17-21-24-26(28)27(2,3)25-22-19-18-20-23-25;/h18-20,22-23,26H,4-17,21,24,28H2,1-3H3;1H. The molecule has 0 saturated carbocycles. The molecule has 0 heterocycles. The molecule has 1 unspecified atom stereocenters. The van der Waals surface area contributed by atoms with Gasteiger partial charge in [-0.3, -0.25) is 0 Å². The maximum atomic E-state index is 6.54. The molecule has 0 aliphatic rings. The number of unbranched alkanes of at least 4 members (excludes halogenated alkanes) is 14. The van der Waals surface area contributed by atoms with Crippen LogP contribution in [0.4, 0.5) is 0 Å². The van der Waals surface area contributed by atoms with Gasteiger partial charge in [-0.05, 0) is 12.0 Å². The molecule has 1 aromatic carbocycles. The lowest BCUT2D eigenvalue weighted by Crippen LogP contribution is -2.40. The zero-order valence-electron chi connectivity index (χ0n) is 19.8. The Bertz CT molecular complexity index is 457. The highest BCUT2D eigenvalue weighted by Crippen LogP contribution is 2.28. The van der Waals surface area contributed by atoms with Gasteiger partial charge in [0.1, 0.15) is 0 Å². The number of benzene rings is 1. The van der Waals surface area contributed by atoms with Gasteiger partial charge in [0.25, 0.3) is 0 Å². The molecule has 0 fully saturated rings. The third kappa shape index (κ3) is 13.4. The SMILES string of the molecule is CCCCCCCCCCCCCCCCCC(N)C(C)(C)c1ccccc1.Cl. The predicted molar refractivity (Wildman–Crippen MR) is 134 cm³/mol. The van der Waals surface area contributed by atoms with Crippen LogP contribution in [0.1, 0.15) is 129 Å². The van der Waals surface area contributed by atoms with Gasteiger partial charge in [0.2, 0.25) is 0 Å². The van der Waals surface area contributed by atoms with Crippen LogP contribution >= 0.6 is 12.4 Å². The van der Waals surface area contributed by atoms with Crippen LogP contribution in [0.3, 0.4) is 0 Å². The van der Waals surface area contributed by atoms with Crippen molar-refractivity contribution in [3.8, 4) is 0 Å². The lowest BCUT2D eigenvalue weighted by molar-refractivity contribution is 0.375. The van der Waals surface area contributed by atoms with Crippen molar-refractivity contribution in [2.75, 3.05) is 0 Å². The van der Waals surface area contributed by atoms with Crippen molar-refractivity contribution in [2.24, 2.45) is 5.73 Å². The highest BCUT2D eigenvalue weighted by atomic mass is 35.5. The van der Waals surface area contributed by atoms with Gasteiger partial charge < -0.3 is 5.73 Å². The van der Waals surface area contributed by atoms with Crippen LogP contribution in [0, 0.1) is 0 Å². The first-order chi connectivity index (χ1) is 13.6. The van der Waals surface area contributed by atoms with Crippen LogP contribution in [0.5, 0.6) is 0 Å². The molecule has 1 nitrogen and oxygen atoms in total. The van der Waals surface area contributed by atoms with E-state index < -0.39 is 0 Å². The predicted octanol–water partition coefficient (Wildman–Crippen LogP) is 8.97. The normalized spacial score (nSPS) is 12.6. The molecule has 0 amide bonds. The molecular weight excluding hydrogens is 374 g/mol. The number of nitrogens with two attached hydrogens (primary N) is 1. The van der Waals surface area contributed by atoms with Gasteiger partial charge >= 0.3 is 0 Å². The smallest absolute Gasteiger partial charge is 0.0131 e. The molecule has 0 bridgehead atoms. The summed E-state index contributed by atoms with van der Waals surface area (Å²) in [6.07, 6.45) is 22.4. The van der Waals surface area contributed by atoms with Crippen LogP contribution in [0.15, 0.2) is 30.3 Å². The Morgan fingerprint density at radius 1 is 0.655 bits per heavy atom. The summed E-state index contributed by atoms with van der Waals surface area (Å²) in [4.78, 5) is 0. The highest BCUT2D eigenvalue weighted by Gasteiger charge is 2.27. The number of hydrogen-bond acceptors (Lipinski definition) is 1. The first kappa shape index (κ1) is 28.5. The Kier molecular flexibility index (Phi) is 17.9. The van der Waals surface area contributed by atoms with Gasteiger partial charge in [-0.1, -0.05) is 147 Å². The second kappa shape index (κ2) is 18.3. The Labute approximate surface area is 189 Å². The molecule has 0 aromatic heterocycles. The van der Waals surface area contributed by atoms with Crippen LogP contribution in [-0.4, -0.2) is 6.04 Å². The molecule has 29 heavy (non-hydrogen) atoms. The monoisotopic (exact) mass is 423 g/mol. The summed E-state index contributed by atoms with van der Waals surface area (Å²) in [5.41, 5.74) is 7.97. The Balaban J connectivity index is 0.00000784. The summed E-state index contributed by atoms with van der Waals surface area (Å²) in [6.45, 7) is 6.87.